The molecule has 43 heavy (non-hydrogen) atoms. The molecule has 1 atom stereocenters. The van der Waals surface area contributed by atoms with Gasteiger partial charge in [0, 0.05) is 68.3 Å². The summed E-state index contributed by atoms with van der Waals surface area (Å²) >= 11 is 0. The molecule has 3 N–H and O–H groups in total. The van der Waals surface area contributed by atoms with E-state index in [0.29, 0.717) is 66.9 Å². The average Bonchev–Trinajstić information content (AvgIpc) is 3.54. The predicted molar refractivity (Wildman–Crippen MR) is 166 cm³/mol. The fourth-order valence-electron chi connectivity index (χ4n) is 5.43. The number of fused-ring (bicyclic) bond motifs is 1. The fourth-order valence-corrected chi connectivity index (χ4v) is 5.43. The van der Waals surface area contributed by atoms with Gasteiger partial charge in [-0.3, -0.25) is 9.59 Å². The lowest BCUT2D eigenvalue weighted by Crippen LogP contribution is -2.48. The van der Waals surface area contributed by atoms with E-state index in [1.807, 2.05) is 60.5 Å². The molecule has 4 heterocycles. The van der Waals surface area contributed by atoms with Crippen molar-refractivity contribution in [2.75, 3.05) is 68.1 Å². The van der Waals surface area contributed by atoms with Gasteiger partial charge >= 0.3 is 0 Å². The van der Waals surface area contributed by atoms with Crippen LogP contribution < -0.4 is 20.4 Å². The highest BCUT2D eigenvalue weighted by molar-refractivity contribution is 5.95. The Labute approximate surface area is 250 Å². The number of morpholine rings is 1. The SMILES string of the molecule is CCN(C)c1ccc(C(=O)NC2CCCN(c3nc(Nc4ccc(C(=O)N5CCOCC5)cc4)c4nc[nH]c4n3)C2)cc1. The molecule has 2 fully saturated rings. The van der Waals surface area contributed by atoms with Crippen molar-refractivity contribution in [2.45, 2.75) is 25.8 Å². The maximum atomic E-state index is 13.0. The molecular weight excluding hydrogens is 546 g/mol. The van der Waals surface area contributed by atoms with Crippen molar-refractivity contribution in [3.63, 3.8) is 0 Å². The van der Waals surface area contributed by atoms with Crippen molar-refractivity contribution in [2.24, 2.45) is 0 Å². The summed E-state index contributed by atoms with van der Waals surface area (Å²) in [6, 6.07) is 15.0. The summed E-state index contributed by atoms with van der Waals surface area (Å²) in [5, 5.41) is 6.56. The standard InChI is InChI=1S/C31H37N9O3/c1-3-38(2)25-12-8-21(9-13-25)29(41)35-24-5-4-14-40(19-24)31-36-27-26(32-20-33-27)28(37-31)34-23-10-6-22(7-11-23)30(42)39-15-17-43-18-16-39/h6-13,20,24H,3-5,14-19H2,1-2H3,(H,35,41)(H2,32,33,34,36,37). The van der Waals surface area contributed by atoms with Gasteiger partial charge in [-0.2, -0.15) is 9.97 Å². The van der Waals surface area contributed by atoms with Crippen LogP contribution in [0.15, 0.2) is 54.9 Å². The number of aromatic nitrogens is 4. The molecule has 2 aliphatic heterocycles. The summed E-state index contributed by atoms with van der Waals surface area (Å²) in [6.07, 6.45) is 3.38. The van der Waals surface area contributed by atoms with E-state index in [-0.39, 0.29) is 17.9 Å². The minimum absolute atomic E-state index is 0.00159. The minimum atomic E-state index is -0.0830. The number of imidazole rings is 1. The van der Waals surface area contributed by atoms with Crippen LogP contribution in [-0.4, -0.2) is 95.7 Å². The van der Waals surface area contributed by atoms with Gasteiger partial charge in [-0.1, -0.05) is 0 Å². The summed E-state index contributed by atoms with van der Waals surface area (Å²) in [7, 11) is 2.03. The topological polar surface area (TPSA) is 132 Å². The molecule has 2 saturated heterocycles. The lowest BCUT2D eigenvalue weighted by Gasteiger charge is -2.33. The van der Waals surface area contributed by atoms with Crippen LogP contribution in [0.4, 0.5) is 23.1 Å². The Morgan fingerprint density at radius 1 is 1.02 bits per heavy atom. The van der Waals surface area contributed by atoms with Crippen molar-refractivity contribution in [3.05, 3.63) is 66.0 Å². The van der Waals surface area contributed by atoms with Gasteiger partial charge in [0.15, 0.2) is 17.0 Å². The first-order valence-corrected chi connectivity index (χ1v) is 14.8. The number of H-pyrrole nitrogens is 1. The van der Waals surface area contributed by atoms with Gasteiger partial charge in [-0.05, 0) is 68.3 Å². The number of amides is 2. The third-order valence-electron chi connectivity index (χ3n) is 8.04. The quantitative estimate of drug-likeness (QED) is 0.286. The molecule has 1 unspecified atom stereocenters. The summed E-state index contributed by atoms with van der Waals surface area (Å²) < 4.78 is 5.36. The second-order valence-corrected chi connectivity index (χ2v) is 10.9. The molecule has 224 valence electrons. The molecule has 0 spiro atoms. The van der Waals surface area contributed by atoms with Crippen LogP contribution in [0, 0.1) is 0 Å². The molecule has 4 aromatic rings. The number of carbonyl (C=O) groups excluding carboxylic acids is 2. The van der Waals surface area contributed by atoms with Gasteiger partial charge in [0.1, 0.15) is 0 Å². The second-order valence-electron chi connectivity index (χ2n) is 10.9. The Morgan fingerprint density at radius 3 is 2.51 bits per heavy atom. The Hall–Kier alpha value is -4.71. The number of hydrogen-bond acceptors (Lipinski definition) is 9. The van der Waals surface area contributed by atoms with E-state index < -0.39 is 0 Å². The normalized spacial score (nSPS) is 17.1. The number of benzene rings is 2. The van der Waals surface area contributed by atoms with E-state index in [9.17, 15) is 9.59 Å². The number of rotatable bonds is 8. The van der Waals surface area contributed by atoms with Gasteiger partial charge in [0.2, 0.25) is 5.95 Å². The number of ether oxygens (including phenoxy) is 1. The number of piperidine rings is 1. The molecular formula is C31H37N9O3. The number of nitrogens with one attached hydrogen (secondary N) is 3. The zero-order valence-corrected chi connectivity index (χ0v) is 24.5. The van der Waals surface area contributed by atoms with Crippen LogP contribution in [0.1, 0.15) is 40.5 Å². The first-order valence-electron chi connectivity index (χ1n) is 14.8. The van der Waals surface area contributed by atoms with Crippen LogP contribution in [-0.2, 0) is 4.74 Å². The molecule has 2 aromatic carbocycles. The summed E-state index contributed by atoms with van der Waals surface area (Å²) in [5.41, 5.74) is 4.38. The maximum absolute atomic E-state index is 13.0. The Bertz CT molecular complexity index is 1570. The van der Waals surface area contributed by atoms with E-state index >= 15 is 0 Å². The third kappa shape index (κ3) is 6.38. The molecule has 2 aromatic heterocycles. The van der Waals surface area contributed by atoms with Crippen LogP contribution in [0.3, 0.4) is 0 Å². The van der Waals surface area contributed by atoms with Crippen LogP contribution in [0.2, 0.25) is 0 Å². The van der Waals surface area contributed by atoms with E-state index in [1.165, 1.54) is 0 Å². The lowest BCUT2D eigenvalue weighted by molar-refractivity contribution is 0.0303. The number of hydrogen-bond donors (Lipinski definition) is 3. The fraction of sp³-hybridized carbons (Fsp3) is 0.387. The Balaban J connectivity index is 1.14. The van der Waals surface area contributed by atoms with E-state index in [4.69, 9.17) is 14.7 Å². The van der Waals surface area contributed by atoms with E-state index in [1.54, 1.807) is 6.33 Å². The minimum Gasteiger partial charge on any atom is -0.378 e. The second kappa shape index (κ2) is 12.7. The molecule has 12 heteroatoms. The monoisotopic (exact) mass is 583 g/mol. The highest BCUT2D eigenvalue weighted by atomic mass is 16.5. The molecule has 0 saturated carbocycles. The third-order valence-corrected chi connectivity index (χ3v) is 8.04. The Morgan fingerprint density at radius 2 is 1.77 bits per heavy atom. The van der Waals surface area contributed by atoms with Crippen LogP contribution >= 0.6 is 0 Å². The smallest absolute Gasteiger partial charge is 0.254 e. The number of carbonyl (C=O) groups is 2. The van der Waals surface area contributed by atoms with Gasteiger partial charge in [0.05, 0.1) is 19.5 Å². The van der Waals surface area contributed by atoms with Crippen LogP contribution in [0.25, 0.3) is 11.2 Å². The maximum Gasteiger partial charge on any atom is 0.254 e. The van der Waals surface area contributed by atoms with Crippen molar-refractivity contribution in [1.29, 1.82) is 0 Å². The van der Waals surface area contributed by atoms with Crippen molar-refractivity contribution in [1.82, 2.24) is 30.2 Å². The predicted octanol–water partition coefficient (Wildman–Crippen LogP) is 3.42. The van der Waals surface area contributed by atoms with E-state index in [2.05, 4.69) is 37.3 Å². The molecule has 0 bridgehead atoms. The molecule has 2 aliphatic rings. The molecule has 12 nitrogen and oxygen atoms in total. The molecule has 0 radical (unpaired) electrons. The molecule has 2 amide bonds. The number of anilines is 4. The van der Waals surface area contributed by atoms with Gasteiger partial charge < -0.3 is 35.1 Å². The highest BCUT2D eigenvalue weighted by Crippen LogP contribution is 2.26. The van der Waals surface area contributed by atoms with Crippen LogP contribution in [0.5, 0.6) is 0 Å². The molecule has 6 rings (SSSR count). The van der Waals surface area contributed by atoms with Crippen molar-refractivity contribution >= 4 is 46.1 Å². The van der Waals surface area contributed by atoms with Crippen molar-refractivity contribution in [3.8, 4) is 0 Å². The first kappa shape index (κ1) is 28.4. The average molecular weight is 584 g/mol. The highest BCUT2D eigenvalue weighted by Gasteiger charge is 2.25. The largest absolute Gasteiger partial charge is 0.378 e. The summed E-state index contributed by atoms with van der Waals surface area (Å²) in [4.78, 5) is 49.0. The zero-order chi connectivity index (χ0) is 29.8. The summed E-state index contributed by atoms with van der Waals surface area (Å²) in [6.45, 7) is 6.70. The van der Waals surface area contributed by atoms with Gasteiger partial charge in [0.25, 0.3) is 11.8 Å². The first-order chi connectivity index (χ1) is 21.0. The number of nitrogens with zero attached hydrogens (tertiary/aromatic N) is 6. The zero-order valence-electron chi connectivity index (χ0n) is 24.5. The van der Waals surface area contributed by atoms with Gasteiger partial charge in [-0.15, -0.1) is 0 Å². The van der Waals surface area contributed by atoms with Gasteiger partial charge in [-0.25, -0.2) is 4.98 Å². The van der Waals surface area contributed by atoms with Crippen molar-refractivity contribution < 1.29 is 14.3 Å². The molecule has 0 aliphatic carbocycles. The lowest BCUT2D eigenvalue weighted by atomic mass is 10.1. The summed E-state index contributed by atoms with van der Waals surface area (Å²) in [5.74, 6) is 1.04. The van der Waals surface area contributed by atoms with E-state index in [0.717, 1.165) is 37.3 Å². The number of aromatic amines is 1. The Kier molecular flexibility index (Phi) is 8.36.